The Morgan fingerprint density at radius 2 is 2.12 bits per heavy atom. The maximum atomic E-state index is 9.70. The number of nitrogen functional groups attached to an aromatic ring is 1. The summed E-state index contributed by atoms with van der Waals surface area (Å²) >= 11 is 0. The van der Waals surface area contributed by atoms with Gasteiger partial charge in [-0.2, -0.15) is 5.26 Å². The Labute approximate surface area is 143 Å². The van der Waals surface area contributed by atoms with Crippen molar-refractivity contribution < 1.29 is 4.74 Å². The molecule has 1 aliphatic carbocycles. The molecule has 4 nitrogen and oxygen atoms in total. The highest BCUT2D eigenvalue weighted by atomic mass is 16.5. The second kappa shape index (κ2) is 6.92. The largest absolute Gasteiger partial charge is 0.493 e. The molecule has 1 atom stereocenters. The fourth-order valence-electron chi connectivity index (χ4n) is 3.56. The lowest BCUT2D eigenvalue weighted by molar-refractivity contribution is 0.341. The monoisotopic (exact) mass is 321 g/mol. The minimum Gasteiger partial charge on any atom is -0.493 e. The molecule has 0 fully saturated rings. The summed E-state index contributed by atoms with van der Waals surface area (Å²) in [7, 11) is 0. The van der Waals surface area contributed by atoms with Crippen LogP contribution in [0.25, 0.3) is 11.1 Å². The Bertz CT molecular complexity index is 792. The van der Waals surface area contributed by atoms with E-state index in [2.05, 4.69) is 18.0 Å². The number of hydrogen-bond donors (Lipinski definition) is 1. The first-order valence-corrected chi connectivity index (χ1v) is 8.63. The third-order valence-corrected chi connectivity index (χ3v) is 4.84. The lowest BCUT2D eigenvalue weighted by Crippen LogP contribution is -2.18. The Hall–Kier alpha value is -2.54. The molecule has 0 saturated heterocycles. The number of anilines is 1. The number of nitrogens with zero attached hydrogens (tertiary/aromatic N) is 2. The molecule has 1 heterocycles. The van der Waals surface area contributed by atoms with Crippen molar-refractivity contribution in [1.29, 1.82) is 5.26 Å². The number of benzene rings is 1. The highest BCUT2D eigenvalue weighted by Crippen LogP contribution is 2.41. The molecule has 0 spiro atoms. The molecule has 0 radical (unpaired) electrons. The Morgan fingerprint density at radius 3 is 2.83 bits per heavy atom. The number of hydrogen-bond acceptors (Lipinski definition) is 4. The van der Waals surface area contributed by atoms with E-state index in [0.29, 0.717) is 23.9 Å². The third kappa shape index (κ3) is 2.82. The van der Waals surface area contributed by atoms with Crippen LogP contribution in [0, 0.1) is 17.2 Å². The van der Waals surface area contributed by atoms with Gasteiger partial charge in [0, 0.05) is 16.8 Å². The van der Waals surface area contributed by atoms with Gasteiger partial charge in [0.25, 0.3) is 0 Å². The number of nitrogens with two attached hydrogens (primary N) is 1. The molecule has 2 N–H and O–H groups in total. The number of para-hydroxylation sites is 1. The molecule has 1 aromatic carbocycles. The lowest BCUT2D eigenvalue weighted by Gasteiger charge is -2.27. The van der Waals surface area contributed by atoms with Gasteiger partial charge in [-0.3, -0.25) is 0 Å². The van der Waals surface area contributed by atoms with Crippen molar-refractivity contribution in [3.8, 4) is 22.9 Å². The molecule has 4 heteroatoms. The van der Waals surface area contributed by atoms with Crippen molar-refractivity contribution >= 4 is 5.82 Å². The molecule has 3 rings (SSSR count). The van der Waals surface area contributed by atoms with Crippen LogP contribution in [-0.4, -0.2) is 11.6 Å². The standard InChI is InChI=1S/C20H23N3O/c1-3-13-9-10-17-15(11-13)19(16(12-21)20(22)23-17)14-7-5-6-8-18(14)24-4-2/h5-8,13H,3-4,9-11H2,1-2H3,(H2,22,23). The summed E-state index contributed by atoms with van der Waals surface area (Å²) in [4.78, 5) is 4.53. The van der Waals surface area contributed by atoms with Gasteiger partial charge in [-0.05, 0) is 43.7 Å². The van der Waals surface area contributed by atoms with E-state index in [1.165, 1.54) is 5.56 Å². The van der Waals surface area contributed by atoms with E-state index in [1.54, 1.807) is 0 Å². The zero-order valence-electron chi connectivity index (χ0n) is 14.3. The predicted octanol–water partition coefficient (Wildman–Crippen LogP) is 4.12. The van der Waals surface area contributed by atoms with Crippen LogP contribution in [0.2, 0.25) is 0 Å². The van der Waals surface area contributed by atoms with Crippen LogP contribution in [-0.2, 0) is 12.8 Å². The number of pyridine rings is 1. The summed E-state index contributed by atoms with van der Waals surface area (Å²) in [5.41, 5.74) is 10.7. The van der Waals surface area contributed by atoms with Gasteiger partial charge in [0.15, 0.2) is 0 Å². The summed E-state index contributed by atoms with van der Waals surface area (Å²) in [6.45, 7) is 4.77. The molecule has 1 unspecified atom stereocenters. The zero-order valence-corrected chi connectivity index (χ0v) is 14.3. The van der Waals surface area contributed by atoms with Gasteiger partial charge < -0.3 is 10.5 Å². The van der Waals surface area contributed by atoms with Crippen LogP contribution >= 0.6 is 0 Å². The van der Waals surface area contributed by atoms with E-state index >= 15 is 0 Å². The van der Waals surface area contributed by atoms with Crippen LogP contribution in [0.15, 0.2) is 24.3 Å². The molecule has 0 saturated carbocycles. The molecular formula is C20H23N3O. The molecule has 124 valence electrons. The minimum atomic E-state index is 0.326. The average Bonchev–Trinajstić information content (AvgIpc) is 2.61. The first-order valence-electron chi connectivity index (χ1n) is 8.63. The van der Waals surface area contributed by atoms with Crippen molar-refractivity contribution in [2.45, 2.75) is 39.5 Å². The molecule has 0 bridgehead atoms. The summed E-state index contributed by atoms with van der Waals surface area (Å²) < 4.78 is 5.80. The summed E-state index contributed by atoms with van der Waals surface area (Å²) in [6.07, 6.45) is 4.14. The number of rotatable bonds is 4. The number of fused-ring (bicyclic) bond motifs is 1. The van der Waals surface area contributed by atoms with E-state index in [-0.39, 0.29) is 0 Å². The zero-order chi connectivity index (χ0) is 17.1. The number of aromatic nitrogens is 1. The number of aryl methyl sites for hydroxylation is 1. The normalized spacial score (nSPS) is 16.3. The summed E-state index contributed by atoms with van der Waals surface area (Å²) in [5.74, 6) is 1.75. The third-order valence-electron chi connectivity index (χ3n) is 4.84. The summed E-state index contributed by atoms with van der Waals surface area (Å²) in [5, 5.41) is 9.70. The molecular weight excluding hydrogens is 298 g/mol. The van der Waals surface area contributed by atoms with Crippen LogP contribution in [0.3, 0.4) is 0 Å². The van der Waals surface area contributed by atoms with Crippen molar-refractivity contribution in [3.05, 3.63) is 41.1 Å². The fraction of sp³-hybridized carbons (Fsp3) is 0.400. The number of nitriles is 1. The van der Waals surface area contributed by atoms with E-state index in [0.717, 1.165) is 48.3 Å². The molecule has 2 aromatic rings. The van der Waals surface area contributed by atoms with E-state index in [4.69, 9.17) is 10.5 Å². The SMILES string of the molecule is CCOc1ccccc1-c1c(C#N)c(N)nc2c1CC(CC)CC2. The van der Waals surface area contributed by atoms with Gasteiger partial charge in [-0.1, -0.05) is 31.5 Å². The second-order valence-electron chi connectivity index (χ2n) is 6.23. The first kappa shape index (κ1) is 16.3. The van der Waals surface area contributed by atoms with Crippen LogP contribution in [0.4, 0.5) is 5.82 Å². The van der Waals surface area contributed by atoms with Crippen molar-refractivity contribution in [2.24, 2.45) is 5.92 Å². The van der Waals surface area contributed by atoms with Gasteiger partial charge in [-0.15, -0.1) is 0 Å². The van der Waals surface area contributed by atoms with E-state index in [1.807, 2.05) is 31.2 Å². The molecule has 0 amide bonds. The van der Waals surface area contributed by atoms with Crippen molar-refractivity contribution in [3.63, 3.8) is 0 Å². The molecule has 1 aromatic heterocycles. The maximum Gasteiger partial charge on any atom is 0.142 e. The Balaban J connectivity index is 2.27. The predicted molar refractivity (Wildman–Crippen MR) is 95.8 cm³/mol. The topological polar surface area (TPSA) is 71.9 Å². The van der Waals surface area contributed by atoms with Crippen LogP contribution in [0.5, 0.6) is 5.75 Å². The van der Waals surface area contributed by atoms with Crippen molar-refractivity contribution in [2.75, 3.05) is 12.3 Å². The molecule has 1 aliphatic rings. The first-order chi connectivity index (χ1) is 11.7. The second-order valence-corrected chi connectivity index (χ2v) is 6.23. The van der Waals surface area contributed by atoms with Crippen molar-refractivity contribution in [1.82, 2.24) is 4.98 Å². The smallest absolute Gasteiger partial charge is 0.142 e. The van der Waals surface area contributed by atoms with Gasteiger partial charge >= 0.3 is 0 Å². The van der Waals surface area contributed by atoms with Gasteiger partial charge in [0.2, 0.25) is 0 Å². The van der Waals surface area contributed by atoms with Gasteiger partial charge in [0.05, 0.1) is 6.61 Å². The number of ether oxygens (including phenoxy) is 1. The van der Waals surface area contributed by atoms with Crippen LogP contribution < -0.4 is 10.5 Å². The molecule has 0 aliphatic heterocycles. The van der Waals surface area contributed by atoms with Crippen LogP contribution in [0.1, 0.15) is 43.5 Å². The quantitative estimate of drug-likeness (QED) is 0.919. The Morgan fingerprint density at radius 1 is 1.33 bits per heavy atom. The minimum absolute atomic E-state index is 0.326. The highest BCUT2D eigenvalue weighted by molar-refractivity contribution is 5.82. The van der Waals surface area contributed by atoms with E-state index < -0.39 is 0 Å². The highest BCUT2D eigenvalue weighted by Gasteiger charge is 2.27. The van der Waals surface area contributed by atoms with Gasteiger partial charge in [-0.25, -0.2) is 4.98 Å². The lowest BCUT2D eigenvalue weighted by atomic mass is 9.80. The van der Waals surface area contributed by atoms with E-state index in [9.17, 15) is 5.26 Å². The average molecular weight is 321 g/mol. The maximum absolute atomic E-state index is 9.70. The van der Waals surface area contributed by atoms with Gasteiger partial charge in [0.1, 0.15) is 23.2 Å². The molecule has 24 heavy (non-hydrogen) atoms. The fourth-order valence-corrected chi connectivity index (χ4v) is 3.56. The summed E-state index contributed by atoms with van der Waals surface area (Å²) in [6, 6.07) is 10.2. The Kier molecular flexibility index (Phi) is 4.71.